The maximum absolute atomic E-state index is 11.3. The third-order valence-corrected chi connectivity index (χ3v) is 2.07. The topological polar surface area (TPSA) is 40.5 Å². The molecule has 0 radical (unpaired) electrons. The lowest BCUT2D eigenvalue weighted by atomic mass is 10.0. The van der Waals surface area contributed by atoms with Gasteiger partial charge in [0.25, 0.3) is 0 Å². The number of carbonyl (C=O) groups excluding carboxylic acids is 1. The van der Waals surface area contributed by atoms with Crippen molar-refractivity contribution in [3.63, 3.8) is 0 Å². The zero-order valence-electron chi connectivity index (χ0n) is 8.96. The molecule has 0 fully saturated rings. The SMILES string of the molecule is CC(=O)c1c(O)cc(C)cc1N(C)C. The van der Waals surface area contributed by atoms with Crippen LogP contribution in [0, 0.1) is 6.92 Å². The Bertz CT molecular complexity index is 370. The number of benzene rings is 1. The van der Waals surface area contributed by atoms with Crippen molar-refractivity contribution in [2.24, 2.45) is 0 Å². The molecule has 0 atom stereocenters. The van der Waals surface area contributed by atoms with Gasteiger partial charge in [0.1, 0.15) is 5.75 Å². The maximum atomic E-state index is 11.3. The van der Waals surface area contributed by atoms with E-state index in [-0.39, 0.29) is 11.5 Å². The molecule has 0 unspecified atom stereocenters. The van der Waals surface area contributed by atoms with Crippen molar-refractivity contribution >= 4 is 11.5 Å². The number of ketones is 1. The minimum atomic E-state index is -0.119. The molecule has 0 saturated heterocycles. The molecule has 0 aliphatic rings. The van der Waals surface area contributed by atoms with Gasteiger partial charge in [0.2, 0.25) is 0 Å². The van der Waals surface area contributed by atoms with E-state index < -0.39 is 0 Å². The average Bonchev–Trinajstić information content (AvgIpc) is 2.01. The van der Waals surface area contributed by atoms with Gasteiger partial charge in [-0.15, -0.1) is 0 Å². The Labute approximate surface area is 84.0 Å². The Morgan fingerprint density at radius 1 is 1.36 bits per heavy atom. The van der Waals surface area contributed by atoms with Crippen LogP contribution >= 0.6 is 0 Å². The van der Waals surface area contributed by atoms with Crippen molar-refractivity contribution in [2.75, 3.05) is 19.0 Å². The molecule has 0 spiro atoms. The highest BCUT2D eigenvalue weighted by molar-refractivity contribution is 6.02. The summed E-state index contributed by atoms with van der Waals surface area (Å²) in [7, 11) is 3.70. The number of phenols is 1. The van der Waals surface area contributed by atoms with Crippen molar-refractivity contribution in [2.45, 2.75) is 13.8 Å². The Morgan fingerprint density at radius 3 is 2.36 bits per heavy atom. The number of aromatic hydroxyl groups is 1. The summed E-state index contributed by atoms with van der Waals surface area (Å²) in [5.41, 5.74) is 2.09. The van der Waals surface area contributed by atoms with Gasteiger partial charge in [-0.1, -0.05) is 0 Å². The number of phenolic OH excluding ortho intramolecular Hbond substituents is 1. The molecule has 0 aromatic heterocycles. The Hall–Kier alpha value is -1.51. The molecule has 76 valence electrons. The molecule has 0 bridgehead atoms. The second-order valence-corrected chi connectivity index (χ2v) is 3.63. The van der Waals surface area contributed by atoms with E-state index in [9.17, 15) is 9.90 Å². The molecule has 0 aliphatic heterocycles. The average molecular weight is 193 g/mol. The molecule has 0 heterocycles. The van der Waals surface area contributed by atoms with Gasteiger partial charge in [-0.3, -0.25) is 4.79 Å². The van der Waals surface area contributed by atoms with E-state index in [1.807, 2.05) is 32.0 Å². The summed E-state index contributed by atoms with van der Waals surface area (Å²) < 4.78 is 0. The van der Waals surface area contributed by atoms with E-state index in [4.69, 9.17) is 0 Å². The number of hydrogen-bond donors (Lipinski definition) is 1. The summed E-state index contributed by atoms with van der Waals surface area (Å²) in [4.78, 5) is 13.1. The van der Waals surface area contributed by atoms with Crippen LogP contribution in [0.2, 0.25) is 0 Å². The molecule has 0 saturated carbocycles. The summed E-state index contributed by atoms with van der Waals surface area (Å²) in [5, 5.41) is 9.64. The van der Waals surface area contributed by atoms with E-state index in [0.29, 0.717) is 5.56 Å². The van der Waals surface area contributed by atoms with Gasteiger partial charge >= 0.3 is 0 Å². The number of aryl methyl sites for hydroxylation is 1. The molecule has 1 aromatic carbocycles. The molecular weight excluding hydrogens is 178 g/mol. The summed E-state index contributed by atoms with van der Waals surface area (Å²) in [6.45, 7) is 3.34. The number of nitrogens with zero attached hydrogens (tertiary/aromatic N) is 1. The van der Waals surface area contributed by atoms with Crippen LogP contribution in [0.4, 0.5) is 5.69 Å². The number of hydrogen-bond acceptors (Lipinski definition) is 3. The van der Waals surface area contributed by atoms with Gasteiger partial charge in [-0.25, -0.2) is 0 Å². The number of Topliss-reactive ketones (excluding diaryl/α,β-unsaturated/α-hetero) is 1. The van der Waals surface area contributed by atoms with Crippen LogP contribution in [-0.2, 0) is 0 Å². The highest BCUT2D eigenvalue weighted by Crippen LogP contribution is 2.29. The van der Waals surface area contributed by atoms with Crippen molar-refractivity contribution in [3.8, 4) is 5.75 Å². The Kier molecular flexibility index (Phi) is 2.79. The third-order valence-electron chi connectivity index (χ3n) is 2.07. The van der Waals surface area contributed by atoms with E-state index in [2.05, 4.69) is 0 Å². The maximum Gasteiger partial charge on any atom is 0.165 e. The minimum Gasteiger partial charge on any atom is -0.507 e. The summed E-state index contributed by atoms with van der Waals surface area (Å²) >= 11 is 0. The van der Waals surface area contributed by atoms with Gasteiger partial charge in [-0.2, -0.15) is 0 Å². The normalized spacial score (nSPS) is 10.0. The third kappa shape index (κ3) is 1.87. The first-order valence-electron chi connectivity index (χ1n) is 4.45. The van der Waals surface area contributed by atoms with Crippen LogP contribution in [0.1, 0.15) is 22.8 Å². The second-order valence-electron chi connectivity index (χ2n) is 3.63. The molecule has 3 heteroatoms. The van der Waals surface area contributed by atoms with Gasteiger partial charge < -0.3 is 10.0 Å². The highest BCUT2D eigenvalue weighted by atomic mass is 16.3. The molecule has 14 heavy (non-hydrogen) atoms. The Balaban J connectivity index is 3.44. The molecule has 1 rings (SSSR count). The number of carbonyl (C=O) groups is 1. The van der Waals surface area contributed by atoms with Crippen molar-refractivity contribution < 1.29 is 9.90 Å². The van der Waals surface area contributed by atoms with Crippen LogP contribution in [0.5, 0.6) is 5.75 Å². The highest BCUT2D eigenvalue weighted by Gasteiger charge is 2.14. The largest absolute Gasteiger partial charge is 0.507 e. The van der Waals surface area contributed by atoms with Crippen molar-refractivity contribution in [3.05, 3.63) is 23.3 Å². The zero-order chi connectivity index (χ0) is 10.9. The quantitative estimate of drug-likeness (QED) is 0.730. The first-order valence-corrected chi connectivity index (χ1v) is 4.45. The van der Waals surface area contributed by atoms with Crippen LogP contribution in [0.25, 0.3) is 0 Å². The van der Waals surface area contributed by atoms with Crippen LogP contribution in [-0.4, -0.2) is 25.0 Å². The minimum absolute atomic E-state index is 0.0567. The standard InChI is InChI=1S/C11H15NO2/c1-7-5-9(12(3)4)11(8(2)13)10(14)6-7/h5-6,14H,1-4H3. The zero-order valence-corrected chi connectivity index (χ0v) is 8.96. The van der Waals surface area contributed by atoms with Crippen molar-refractivity contribution in [1.82, 2.24) is 0 Å². The molecule has 0 amide bonds. The lowest BCUT2D eigenvalue weighted by Gasteiger charge is -2.17. The molecular formula is C11H15NO2. The van der Waals surface area contributed by atoms with Crippen molar-refractivity contribution in [1.29, 1.82) is 0 Å². The summed E-state index contributed by atoms with van der Waals surface area (Å²) in [6.07, 6.45) is 0. The van der Waals surface area contributed by atoms with Crippen LogP contribution in [0.15, 0.2) is 12.1 Å². The molecule has 0 aliphatic carbocycles. The summed E-state index contributed by atoms with van der Waals surface area (Å²) in [5.74, 6) is -0.0626. The summed E-state index contributed by atoms with van der Waals surface area (Å²) in [6, 6.07) is 3.49. The number of anilines is 1. The Morgan fingerprint density at radius 2 is 1.93 bits per heavy atom. The fourth-order valence-corrected chi connectivity index (χ4v) is 1.46. The first kappa shape index (κ1) is 10.6. The number of rotatable bonds is 2. The van der Waals surface area contributed by atoms with Gasteiger partial charge in [0.15, 0.2) is 5.78 Å². The van der Waals surface area contributed by atoms with E-state index in [1.165, 1.54) is 6.92 Å². The molecule has 3 nitrogen and oxygen atoms in total. The lowest BCUT2D eigenvalue weighted by Crippen LogP contribution is -2.13. The predicted molar refractivity (Wildman–Crippen MR) is 57.2 cm³/mol. The van der Waals surface area contributed by atoms with Gasteiger partial charge in [0, 0.05) is 14.1 Å². The lowest BCUT2D eigenvalue weighted by molar-refractivity contribution is 0.101. The first-order chi connectivity index (χ1) is 6.43. The van der Waals surface area contributed by atoms with Gasteiger partial charge in [-0.05, 0) is 31.5 Å². The second kappa shape index (κ2) is 3.70. The monoisotopic (exact) mass is 193 g/mol. The molecule has 1 N–H and O–H groups in total. The van der Waals surface area contributed by atoms with E-state index in [0.717, 1.165) is 11.3 Å². The van der Waals surface area contributed by atoms with Gasteiger partial charge in [0.05, 0.1) is 11.3 Å². The van der Waals surface area contributed by atoms with E-state index >= 15 is 0 Å². The predicted octanol–water partition coefficient (Wildman–Crippen LogP) is 1.97. The fraction of sp³-hybridized carbons (Fsp3) is 0.364. The van der Waals surface area contributed by atoms with Crippen LogP contribution in [0.3, 0.4) is 0 Å². The van der Waals surface area contributed by atoms with Crippen LogP contribution < -0.4 is 4.90 Å². The molecule has 1 aromatic rings. The smallest absolute Gasteiger partial charge is 0.165 e. The fourth-order valence-electron chi connectivity index (χ4n) is 1.46. The van der Waals surface area contributed by atoms with E-state index in [1.54, 1.807) is 6.07 Å².